The van der Waals surface area contributed by atoms with Gasteiger partial charge in [-0.15, -0.1) is 0 Å². The van der Waals surface area contributed by atoms with Gasteiger partial charge in [-0.3, -0.25) is 10.4 Å². The molecular weight excluding hydrogens is 310 g/mol. The van der Waals surface area contributed by atoms with Crippen LogP contribution in [0, 0.1) is 0 Å². The first-order valence-corrected chi connectivity index (χ1v) is 7.78. The molecule has 0 bridgehead atoms. The Morgan fingerprint density at radius 1 is 1.13 bits per heavy atom. The van der Waals surface area contributed by atoms with Gasteiger partial charge in [-0.25, -0.2) is 0 Å². The maximum Gasteiger partial charge on any atom is 0.128 e. The van der Waals surface area contributed by atoms with Crippen LogP contribution in [-0.4, -0.2) is 17.3 Å². The molecule has 4 rings (SSSR count). The summed E-state index contributed by atoms with van der Waals surface area (Å²) >= 11 is 6.02. The molecule has 0 amide bonds. The number of aromatic nitrogens is 1. The standard InChI is InChI=1S/C18H14ClN3O/c19-12-5-6-13-15(7-9-20-17(13)11-12)21-22-16-8-10-23-18-4-2-1-3-14(16)18/h1-7,9,11H,8,10H2,(H,20,21). The molecule has 3 aromatic rings. The molecule has 4 nitrogen and oxygen atoms in total. The van der Waals surface area contributed by atoms with Gasteiger partial charge in [0, 0.05) is 28.6 Å². The van der Waals surface area contributed by atoms with E-state index in [1.807, 2.05) is 48.5 Å². The van der Waals surface area contributed by atoms with Crippen molar-refractivity contribution in [2.75, 3.05) is 12.0 Å². The fraction of sp³-hybridized carbons (Fsp3) is 0.111. The van der Waals surface area contributed by atoms with Gasteiger partial charge in [-0.05, 0) is 36.4 Å². The highest BCUT2D eigenvalue weighted by atomic mass is 35.5. The molecule has 23 heavy (non-hydrogen) atoms. The number of para-hydroxylation sites is 1. The molecule has 1 aliphatic rings. The second kappa shape index (κ2) is 5.89. The number of hydrogen-bond acceptors (Lipinski definition) is 4. The molecule has 2 aromatic carbocycles. The van der Waals surface area contributed by atoms with E-state index in [1.165, 1.54) is 0 Å². The molecule has 0 saturated carbocycles. The maximum absolute atomic E-state index is 6.02. The van der Waals surface area contributed by atoms with Crippen LogP contribution in [0.1, 0.15) is 12.0 Å². The normalized spacial score (nSPS) is 15.3. The quantitative estimate of drug-likeness (QED) is 0.707. The Morgan fingerprint density at radius 3 is 3.00 bits per heavy atom. The van der Waals surface area contributed by atoms with Crippen LogP contribution in [-0.2, 0) is 0 Å². The highest BCUT2D eigenvalue weighted by Gasteiger charge is 2.16. The Kier molecular flexibility index (Phi) is 3.60. The van der Waals surface area contributed by atoms with Gasteiger partial charge in [0.05, 0.1) is 23.5 Å². The minimum Gasteiger partial charge on any atom is -0.492 e. The second-order valence-corrected chi connectivity index (χ2v) is 5.72. The largest absolute Gasteiger partial charge is 0.492 e. The molecule has 0 atom stereocenters. The van der Waals surface area contributed by atoms with Crippen molar-refractivity contribution in [1.29, 1.82) is 0 Å². The van der Waals surface area contributed by atoms with Gasteiger partial charge in [-0.2, -0.15) is 5.10 Å². The fourth-order valence-corrected chi connectivity index (χ4v) is 2.85. The van der Waals surface area contributed by atoms with Crippen molar-refractivity contribution in [3.8, 4) is 5.75 Å². The lowest BCUT2D eigenvalue weighted by atomic mass is 10.0. The lowest BCUT2D eigenvalue weighted by Crippen LogP contribution is -2.17. The van der Waals surface area contributed by atoms with Crippen molar-refractivity contribution in [1.82, 2.24) is 4.98 Å². The number of halogens is 1. The van der Waals surface area contributed by atoms with Crippen molar-refractivity contribution >= 4 is 33.9 Å². The Balaban J connectivity index is 1.70. The van der Waals surface area contributed by atoms with E-state index >= 15 is 0 Å². The number of rotatable bonds is 2. The summed E-state index contributed by atoms with van der Waals surface area (Å²) < 4.78 is 5.66. The molecule has 5 heteroatoms. The molecule has 114 valence electrons. The van der Waals surface area contributed by atoms with Crippen molar-refractivity contribution in [3.05, 3.63) is 65.3 Å². The molecule has 0 unspecified atom stereocenters. The Bertz CT molecular complexity index is 908. The van der Waals surface area contributed by atoms with Gasteiger partial charge in [0.1, 0.15) is 5.75 Å². The minimum absolute atomic E-state index is 0.643. The van der Waals surface area contributed by atoms with Crippen molar-refractivity contribution in [3.63, 3.8) is 0 Å². The van der Waals surface area contributed by atoms with Gasteiger partial charge in [0.25, 0.3) is 0 Å². The summed E-state index contributed by atoms with van der Waals surface area (Å²) in [4.78, 5) is 4.34. The molecule has 0 saturated heterocycles. The number of nitrogens with zero attached hydrogens (tertiary/aromatic N) is 2. The van der Waals surface area contributed by atoms with Crippen LogP contribution in [0.3, 0.4) is 0 Å². The predicted molar refractivity (Wildman–Crippen MR) is 93.5 cm³/mol. The van der Waals surface area contributed by atoms with Crippen LogP contribution in [0.2, 0.25) is 5.02 Å². The van der Waals surface area contributed by atoms with Gasteiger partial charge in [0.15, 0.2) is 0 Å². The van der Waals surface area contributed by atoms with Gasteiger partial charge in [-0.1, -0.05) is 23.7 Å². The van der Waals surface area contributed by atoms with Gasteiger partial charge >= 0.3 is 0 Å². The molecule has 1 aromatic heterocycles. The van der Waals surface area contributed by atoms with E-state index in [0.717, 1.165) is 40.0 Å². The van der Waals surface area contributed by atoms with E-state index in [1.54, 1.807) is 6.20 Å². The van der Waals surface area contributed by atoms with E-state index in [4.69, 9.17) is 16.3 Å². The van der Waals surface area contributed by atoms with E-state index in [2.05, 4.69) is 15.5 Å². The second-order valence-electron chi connectivity index (χ2n) is 5.28. The minimum atomic E-state index is 0.643. The van der Waals surface area contributed by atoms with E-state index in [-0.39, 0.29) is 0 Å². The van der Waals surface area contributed by atoms with E-state index in [0.29, 0.717) is 11.6 Å². The zero-order valence-electron chi connectivity index (χ0n) is 12.3. The maximum atomic E-state index is 6.02. The molecule has 0 aliphatic carbocycles. The lowest BCUT2D eigenvalue weighted by Gasteiger charge is -2.19. The monoisotopic (exact) mass is 323 g/mol. The van der Waals surface area contributed by atoms with Crippen LogP contribution >= 0.6 is 11.6 Å². The third kappa shape index (κ3) is 2.73. The molecule has 0 spiro atoms. The van der Waals surface area contributed by atoms with Gasteiger partial charge < -0.3 is 4.74 Å². The summed E-state index contributed by atoms with van der Waals surface area (Å²) in [6, 6.07) is 15.5. The number of pyridine rings is 1. The topological polar surface area (TPSA) is 46.5 Å². The summed E-state index contributed by atoms with van der Waals surface area (Å²) in [5.41, 5.74) is 6.94. The van der Waals surface area contributed by atoms with Gasteiger partial charge in [0.2, 0.25) is 0 Å². The average Bonchev–Trinajstić information content (AvgIpc) is 2.59. The predicted octanol–water partition coefficient (Wildman–Crippen LogP) is 4.49. The van der Waals surface area contributed by atoms with Crippen molar-refractivity contribution in [2.24, 2.45) is 5.10 Å². The number of hydrogen-bond donors (Lipinski definition) is 1. The third-order valence-corrected chi connectivity index (χ3v) is 4.05. The summed E-state index contributed by atoms with van der Waals surface area (Å²) in [6.07, 6.45) is 2.53. The Morgan fingerprint density at radius 2 is 2.04 bits per heavy atom. The van der Waals surface area contributed by atoms with Crippen LogP contribution in [0.4, 0.5) is 5.69 Å². The molecule has 1 aliphatic heterocycles. The average molecular weight is 324 g/mol. The highest BCUT2D eigenvalue weighted by molar-refractivity contribution is 6.31. The lowest BCUT2D eigenvalue weighted by molar-refractivity contribution is 0.320. The molecule has 0 radical (unpaired) electrons. The Hall–Kier alpha value is -2.59. The number of hydrazone groups is 1. The number of nitrogens with one attached hydrogen (secondary N) is 1. The van der Waals surface area contributed by atoms with E-state index < -0.39 is 0 Å². The molecule has 2 heterocycles. The first-order valence-electron chi connectivity index (χ1n) is 7.40. The zero-order chi connectivity index (χ0) is 15.6. The summed E-state index contributed by atoms with van der Waals surface area (Å²) in [7, 11) is 0. The van der Waals surface area contributed by atoms with Crippen molar-refractivity contribution in [2.45, 2.75) is 6.42 Å². The number of fused-ring (bicyclic) bond motifs is 2. The van der Waals surface area contributed by atoms with Crippen LogP contribution in [0.25, 0.3) is 10.9 Å². The summed E-state index contributed by atoms with van der Waals surface area (Å²) in [5, 5.41) is 6.25. The van der Waals surface area contributed by atoms with Crippen LogP contribution < -0.4 is 10.2 Å². The SMILES string of the molecule is Clc1ccc2c(NN=C3CCOc4ccccc43)ccnc2c1. The number of ether oxygens (including phenoxy) is 1. The molecular formula is C18H14ClN3O. The van der Waals surface area contributed by atoms with E-state index in [9.17, 15) is 0 Å². The molecule has 0 fully saturated rings. The molecule has 1 N–H and O–H groups in total. The summed E-state index contributed by atoms with van der Waals surface area (Å²) in [6.45, 7) is 0.643. The third-order valence-electron chi connectivity index (χ3n) is 3.81. The number of anilines is 1. The van der Waals surface area contributed by atoms with Crippen LogP contribution in [0.15, 0.2) is 59.8 Å². The zero-order valence-corrected chi connectivity index (χ0v) is 13.0. The first kappa shape index (κ1) is 14.0. The summed E-state index contributed by atoms with van der Waals surface area (Å²) in [5.74, 6) is 0.880. The number of benzene rings is 2. The highest BCUT2D eigenvalue weighted by Crippen LogP contribution is 2.27. The first-order chi connectivity index (χ1) is 11.3. The smallest absolute Gasteiger partial charge is 0.128 e. The Labute approximate surface area is 138 Å². The van der Waals surface area contributed by atoms with Crippen molar-refractivity contribution < 1.29 is 4.74 Å². The fourth-order valence-electron chi connectivity index (χ4n) is 2.69. The van der Waals surface area contributed by atoms with Crippen LogP contribution in [0.5, 0.6) is 5.75 Å².